The molecule has 116 valence electrons. The number of carboxylic acids is 1. The molecule has 2 amide bonds. The molecule has 1 aromatic rings. The van der Waals surface area contributed by atoms with Gasteiger partial charge < -0.3 is 25.6 Å². The van der Waals surface area contributed by atoms with Crippen molar-refractivity contribution in [1.82, 2.24) is 5.32 Å². The number of urea groups is 1. The minimum absolute atomic E-state index is 0.0346. The highest BCUT2D eigenvalue weighted by Crippen LogP contribution is 2.27. The number of methoxy groups -OCH3 is 1. The van der Waals surface area contributed by atoms with Gasteiger partial charge in [-0.2, -0.15) is 0 Å². The molecule has 0 heterocycles. The first-order valence-corrected chi connectivity index (χ1v) is 6.48. The monoisotopic (exact) mass is 296 g/mol. The highest BCUT2D eigenvalue weighted by atomic mass is 16.5. The Labute approximate surface area is 122 Å². The van der Waals surface area contributed by atoms with Crippen molar-refractivity contribution < 1.29 is 24.5 Å². The normalized spacial score (nSPS) is 12.0. The van der Waals surface area contributed by atoms with Crippen LogP contribution >= 0.6 is 0 Å². The minimum atomic E-state index is -1.27. The number of hydrogen-bond acceptors (Lipinski definition) is 4. The number of ether oxygens (including phenoxy) is 1. The number of para-hydroxylation sites is 1. The Morgan fingerprint density at radius 2 is 2.00 bits per heavy atom. The lowest BCUT2D eigenvalue weighted by molar-refractivity contribution is 0.0693. The summed E-state index contributed by atoms with van der Waals surface area (Å²) >= 11 is 0. The van der Waals surface area contributed by atoms with Gasteiger partial charge in [0.05, 0.1) is 18.3 Å². The Balaban J connectivity index is 2.79. The molecule has 0 spiro atoms. The summed E-state index contributed by atoms with van der Waals surface area (Å²) in [5, 5.41) is 23.9. The quantitative estimate of drug-likeness (QED) is 0.599. The van der Waals surface area contributed by atoms with Crippen LogP contribution in [0, 0.1) is 5.92 Å². The van der Waals surface area contributed by atoms with Crippen LogP contribution in [0.4, 0.5) is 10.5 Å². The fourth-order valence-electron chi connectivity index (χ4n) is 1.72. The first-order valence-electron chi connectivity index (χ1n) is 6.48. The predicted octanol–water partition coefficient (Wildman–Crippen LogP) is 1.88. The van der Waals surface area contributed by atoms with Crippen LogP contribution in [0.5, 0.6) is 5.75 Å². The van der Waals surface area contributed by atoms with Crippen LogP contribution in [0.2, 0.25) is 0 Å². The van der Waals surface area contributed by atoms with Gasteiger partial charge in [-0.3, -0.25) is 0 Å². The summed E-state index contributed by atoms with van der Waals surface area (Å²) in [6.07, 6.45) is 0. The molecule has 0 aliphatic carbocycles. The van der Waals surface area contributed by atoms with E-state index in [1.54, 1.807) is 0 Å². The van der Waals surface area contributed by atoms with Crippen molar-refractivity contribution in [2.45, 2.75) is 19.9 Å². The maximum absolute atomic E-state index is 11.9. The lowest BCUT2D eigenvalue weighted by atomic mass is 10.1. The van der Waals surface area contributed by atoms with Crippen molar-refractivity contribution in [3.63, 3.8) is 0 Å². The molecular weight excluding hydrogens is 276 g/mol. The van der Waals surface area contributed by atoms with Crippen LogP contribution < -0.4 is 10.6 Å². The molecule has 7 heteroatoms. The number of amides is 2. The van der Waals surface area contributed by atoms with Gasteiger partial charge in [0.2, 0.25) is 0 Å². The third-order valence-corrected chi connectivity index (χ3v) is 2.98. The van der Waals surface area contributed by atoms with Crippen molar-refractivity contribution in [2.24, 2.45) is 5.92 Å². The van der Waals surface area contributed by atoms with E-state index in [-0.39, 0.29) is 23.2 Å². The fourth-order valence-corrected chi connectivity index (χ4v) is 1.72. The summed E-state index contributed by atoms with van der Waals surface area (Å²) in [6.45, 7) is 4.23. The van der Waals surface area contributed by atoms with Gasteiger partial charge >= 0.3 is 12.0 Å². The molecule has 21 heavy (non-hydrogen) atoms. The fraction of sp³-hybridized carbons (Fsp3) is 0.429. The van der Waals surface area contributed by atoms with E-state index in [0.29, 0.717) is 6.61 Å². The van der Waals surface area contributed by atoms with E-state index in [4.69, 9.17) is 9.84 Å². The van der Waals surface area contributed by atoms with Crippen LogP contribution in [-0.4, -0.2) is 42.0 Å². The summed E-state index contributed by atoms with van der Waals surface area (Å²) in [5.41, 5.74) is -0.238. The van der Waals surface area contributed by atoms with Gasteiger partial charge in [0.1, 0.15) is 5.56 Å². The van der Waals surface area contributed by atoms with Gasteiger partial charge in [0.25, 0.3) is 0 Å². The lowest BCUT2D eigenvalue weighted by Crippen LogP contribution is -2.43. The number of phenols is 1. The average Bonchev–Trinajstić information content (AvgIpc) is 2.40. The van der Waals surface area contributed by atoms with E-state index >= 15 is 0 Å². The van der Waals surface area contributed by atoms with E-state index in [2.05, 4.69) is 10.6 Å². The Morgan fingerprint density at radius 1 is 1.33 bits per heavy atom. The van der Waals surface area contributed by atoms with Crippen LogP contribution in [0.3, 0.4) is 0 Å². The summed E-state index contributed by atoms with van der Waals surface area (Å²) in [6, 6.07) is 3.38. The molecule has 0 bridgehead atoms. The lowest BCUT2D eigenvalue weighted by Gasteiger charge is -2.22. The summed E-state index contributed by atoms with van der Waals surface area (Å²) in [7, 11) is 1.54. The second-order valence-electron chi connectivity index (χ2n) is 4.91. The molecule has 4 N–H and O–H groups in total. The largest absolute Gasteiger partial charge is 0.505 e. The zero-order valence-electron chi connectivity index (χ0n) is 12.2. The van der Waals surface area contributed by atoms with E-state index in [1.165, 1.54) is 25.3 Å². The second-order valence-corrected chi connectivity index (χ2v) is 4.91. The Kier molecular flexibility index (Phi) is 5.98. The topological polar surface area (TPSA) is 108 Å². The number of carbonyl (C=O) groups is 2. The molecule has 0 aliphatic heterocycles. The van der Waals surface area contributed by atoms with Crippen molar-refractivity contribution >= 4 is 17.7 Å². The standard InChI is InChI=1S/C14H20N2O5/c1-8(2)11(7-21-3)16-14(20)15-10-6-4-5-9(12(10)17)13(18)19/h4-6,8,11,17H,7H2,1-3H3,(H,18,19)(H2,15,16,20). The molecule has 1 aromatic carbocycles. The number of carbonyl (C=O) groups excluding carboxylic acids is 1. The van der Waals surface area contributed by atoms with Gasteiger partial charge in [0, 0.05) is 7.11 Å². The maximum Gasteiger partial charge on any atom is 0.339 e. The van der Waals surface area contributed by atoms with Crippen LogP contribution in [0.15, 0.2) is 18.2 Å². The van der Waals surface area contributed by atoms with Crippen molar-refractivity contribution in [3.05, 3.63) is 23.8 Å². The predicted molar refractivity (Wildman–Crippen MR) is 77.7 cm³/mol. The van der Waals surface area contributed by atoms with Crippen molar-refractivity contribution in [3.8, 4) is 5.75 Å². The number of hydrogen-bond donors (Lipinski definition) is 4. The van der Waals surface area contributed by atoms with E-state index < -0.39 is 17.7 Å². The summed E-state index contributed by atoms with van der Waals surface area (Å²) < 4.78 is 5.02. The van der Waals surface area contributed by atoms with Crippen LogP contribution in [-0.2, 0) is 4.74 Å². The van der Waals surface area contributed by atoms with Gasteiger partial charge in [-0.25, -0.2) is 9.59 Å². The number of carboxylic acid groups (broad SMARTS) is 1. The molecule has 0 fully saturated rings. The maximum atomic E-state index is 11.9. The minimum Gasteiger partial charge on any atom is -0.505 e. The van der Waals surface area contributed by atoms with E-state index in [9.17, 15) is 14.7 Å². The SMILES string of the molecule is COCC(NC(=O)Nc1cccc(C(=O)O)c1O)C(C)C. The highest BCUT2D eigenvalue weighted by Gasteiger charge is 2.18. The number of rotatable bonds is 6. The number of anilines is 1. The smallest absolute Gasteiger partial charge is 0.339 e. The molecule has 1 atom stereocenters. The summed E-state index contributed by atoms with van der Waals surface area (Å²) in [5.74, 6) is -1.58. The molecule has 0 saturated carbocycles. The number of aromatic carboxylic acids is 1. The second kappa shape index (κ2) is 7.49. The van der Waals surface area contributed by atoms with Crippen LogP contribution in [0.1, 0.15) is 24.2 Å². The Morgan fingerprint density at radius 3 is 2.52 bits per heavy atom. The van der Waals surface area contributed by atoms with Crippen molar-refractivity contribution in [2.75, 3.05) is 19.0 Å². The van der Waals surface area contributed by atoms with Gasteiger partial charge in [-0.15, -0.1) is 0 Å². The molecular formula is C14H20N2O5. The van der Waals surface area contributed by atoms with Crippen molar-refractivity contribution in [1.29, 1.82) is 0 Å². The molecule has 1 rings (SSSR count). The first-order chi connectivity index (χ1) is 9.86. The third-order valence-electron chi connectivity index (χ3n) is 2.98. The Bertz CT molecular complexity index is 516. The van der Waals surface area contributed by atoms with Gasteiger partial charge in [-0.05, 0) is 18.1 Å². The van der Waals surface area contributed by atoms with Crippen LogP contribution in [0.25, 0.3) is 0 Å². The zero-order valence-corrected chi connectivity index (χ0v) is 12.2. The zero-order chi connectivity index (χ0) is 16.0. The molecule has 0 radical (unpaired) electrons. The first kappa shape index (κ1) is 16.8. The van der Waals surface area contributed by atoms with E-state index in [0.717, 1.165) is 0 Å². The van der Waals surface area contributed by atoms with E-state index in [1.807, 2.05) is 13.8 Å². The molecule has 7 nitrogen and oxygen atoms in total. The Hall–Kier alpha value is -2.28. The molecule has 0 saturated heterocycles. The molecule has 1 unspecified atom stereocenters. The molecule has 0 aromatic heterocycles. The number of aromatic hydroxyl groups is 1. The summed E-state index contributed by atoms with van der Waals surface area (Å²) in [4.78, 5) is 22.8. The van der Waals surface area contributed by atoms with Gasteiger partial charge in [0.15, 0.2) is 5.75 Å². The molecule has 0 aliphatic rings. The van der Waals surface area contributed by atoms with Gasteiger partial charge in [-0.1, -0.05) is 19.9 Å². The number of nitrogens with one attached hydrogen (secondary N) is 2. The average molecular weight is 296 g/mol. The third kappa shape index (κ3) is 4.64. The number of benzene rings is 1. The highest BCUT2D eigenvalue weighted by molar-refractivity contribution is 5.97.